The van der Waals surface area contributed by atoms with Crippen molar-refractivity contribution < 1.29 is 4.74 Å². The zero-order chi connectivity index (χ0) is 14.6. The Morgan fingerprint density at radius 3 is 2.52 bits per heavy atom. The van der Waals surface area contributed by atoms with Gasteiger partial charge in [-0.25, -0.2) is 0 Å². The van der Waals surface area contributed by atoms with Gasteiger partial charge >= 0.3 is 0 Å². The molecule has 21 heavy (non-hydrogen) atoms. The lowest BCUT2D eigenvalue weighted by molar-refractivity contribution is 0.416. The van der Waals surface area contributed by atoms with Crippen molar-refractivity contribution in [3.8, 4) is 5.75 Å². The van der Waals surface area contributed by atoms with E-state index in [-0.39, 0.29) is 16.6 Å². The second kappa shape index (κ2) is 4.06. The highest BCUT2D eigenvalue weighted by atomic mass is 16.5. The van der Waals surface area contributed by atoms with E-state index in [0.717, 1.165) is 16.2 Å². The predicted molar refractivity (Wildman–Crippen MR) is 83.6 cm³/mol. The summed E-state index contributed by atoms with van der Waals surface area (Å²) in [5, 5.41) is 3.51. The van der Waals surface area contributed by atoms with Gasteiger partial charge in [-0.2, -0.15) is 0 Å². The Hall–Kier alpha value is -2.88. The molecule has 0 amide bonds. The zero-order valence-corrected chi connectivity index (χ0v) is 11.3. The zero-order valence-electron chi connectivity index (χ0n) is 11.3. The average molecular weight is 277 g/mol. The lowest BCUT2D eigenvalue weighted by Gasteiger charge is -2.11. The summed E-state index contributed by atoms with van der Waals surface area (Å²) in [7, 11) is 1.48. The summed E-state index contributed by atoms with van der Waals surface area (Å²) in [6.45, 7) is 0. The summed E-state index contributed by atoms with van der Waals surface area (Å²) < 4.78 is 5.32. The highest BCUT2D eigenvalue weighted by Gasteiger charge is 2.17. The van der Waals surface area contributed by atoms with Gasteiger partial charge in [0.15, 0.2) is 5.75 Å². The van der Waals surface area contributed by atoms with E-state index in [2.05, 4.69) is 4.98 Å². The largest absolute Gasteiger partial charge is 0.492 e. The number of methoxy groups -OCH3 is 1. The average Bonchev–Trinajstić information content (AvgIpc) is 2.51. The van der Waals surface area contributed by atoms with Crippen LogP contribution in [0.15, 0.2) is 52.2 Å². The molecule has 0 saturated heterocycles. The van der Waals surface area contributed by atoms with Gasteiger partial charge in [-0.3, -0.25) is 9.59 Å². The third kappa shape index (κ3) is 1.44. The van der Waals surface area contributed by atoms with Gasteiger partial charge in [-0.15, -0.1) is 0 Å². The van der Waals surface area contributed by atoms with Crippen molar-refractivity contribution in [3.05, 3.63) is 63.0 Å². The molecule has 1 N–H and O–H groups in total. The number of rotatable bonds is 1. The smallest absolute Gasteiger partial charge is 0.221 e. The molecule has 0 aliphatic rings. The highest BCUT2D eigenvalue weighted by molar-refractivity contribution is 6.22. The normalized spacial score (nSPS) is 11.5. The number of hydrogen-bond acceptors (Lipinski definition) is 3. The van der Waals surface area contributed by atoms with Crippen molar-refractivity contribution in [2.75, 3.05) is 7.11 Å². The first-order valence-electron chi connectivity index (χ1n) is 6.59. The number of fused-ring (bicyclic) bond motifs is 2. The predicted octanol–water partition coefficient (Wildman–Crippen LogP) is 2.64. The Kier molecular flexibility index (Phi) is 2.30. The number of pyridine rings is 1. The first-order valence-corrected chi connectivity index (χ1v) is 6.59. The van der Waals surface area contributed by atoms with Gasteiger partial charge in [0.2, 0.25) is 10.9 Å². The number of ether oxygens (including phenoxy) is 1. The molecule has 0 atom stereocenters. The van der Waals surface area contributed by atoms with Crippen molar-refractivity contribution >= 4 is 32.4 Å². The fourth-order valence-electron chi connectivity index (χ4n) is 3.02. The summed E-state index contributed by atoms with van der Waals surface area (Å²) in [5.41, 5.74) is 0.255. The van der Waals surface area contributed by atoms with E-state index in [4.69, 9.17) is 4.74 Å². The fourth-order valence-corrected chi connectivity index (χ4v) is 3.02. The molecule has 0 unspecified atom stereocenters. The molecule has 3 aromatic carbocycles. The fraction of sp³-hybridized carbons (Fsp3) is 0.0588. The molecule has 0 radical (unpaired) electrons. The van der Waals surface area contributed by atoms with Crippen LogP contribution in [0.5, 0.6) is 5.75 Å². The van der Waals surface area contributed by atoms with Crippen molar-refractivity contribution in [2.45, 2.75) is 0 Å². The summed E-state index contributed by atoms with van der Waals surface area (Å²) in [6, 6.07) is 10.6. The van der Waals surface area contributed by atoms with Gasteiger partial charge in [-0.1, -0.05) is 24.3 Å². The van der Waals surface area contributed by atoms with E-state index < -0.39 is 0 Å². The number of aromatic nitrogens is 1. The first-order chi connectivity index (χ1) is 10.2. The molecule has 4 nitrogen and oxygen atoms in total. The summed E-state index contributed by atoms with van der Waals surface area (Å²) >= 11 is 0. The number of aromatic amines is 1. The Labute approximate surface area is 118 Å². The minimum Gasteiger partial charge on any atom is -0.492 e. The topological polar surface area (TPSA) is 59.2 Å². The van der Waals surface area contributed by atoms with E-state index in [1.54, 1.807) is 18.3 Å². The molecule has 4 aromatic rings. The molecule has 0 saturated carbocycles. The van der Waals surface area contributed by atoms with Crippen LogP contribution < -0.4 is 15.6 Å². The monoisotopic (exact) mass is 277 g/mol. The van der Waals surface area contributed by atoms with Crippen LogP contribution in [0.2, 0.25) is 0 Å². The quantitative estimate of drug-likeness (QED) is 0.430. The molecule has 1 heterocycles. The van der Waals surface area contributed by atoms with Crippen molar-refractivity contribution in [1.29, 1.82) is 0 Å². The van der Waals surface area contributed by atoms with Gasteiger partial charge in [-0.05, 0) is 22.9 Å². The second-order valence-electron chi connectivity index (χ2n) is 4.97. The van der Waals surface area contributed by atoms with E-state index >= 15 is 0 Å². The van der Waals surface area contributed by atoms with Crippen LogP contribution in [0.1, 0.15) is 0 Å². The van der Waals surface area contributed by atoms with E-state index in [0.29, 0.717) is 16.3 Å². The first kappa shape index (κ1) is 11.9. The second-order valence-corrected chi connectivity index (χ2v) is 4.97. The molecule has 1 aromatic heterocycles. The van der Waals surface area contributed by atoms with E-state index in [1.807, 2.05) is 18.2 Å². The summed E-state index contributed by atoms with van der Waals surface area (Å²) in [5.74, 6) is 0.281. The van der Waals surface area contributed by atoms with Gasteiger partial charge in [0.05, 0.1) is 12.6 Å². The van der Waals surface area contributed by atoms with Crippen LogP contribution in [0.25, 0.3) is 32.4 Å². The van der Waals surface area contributed by atoms with Crippen LogP contribution in [0.3, 0.4) is 0 Å². The molecule has 102 valence electrons. The Balaban J connectivity index is 2.53. The molecule has 0 spiro atoms. The summed E-state index contributed by atoms with van der Waals surface area (Å²) in [4.78, 5) is 27.9. The van der Waals surface area contributed by atoms with Crippen LogP contribution in [0.4, 0.5) is 0 Å². The molecular weight excluding hydrogens is 266 g/mol. The number of H-pyrrole nitrogens is 1. The molecule has 4 rings (SSSR count). The number of benzene rings is 3. The maximum atomic E-state index is 12.6. The standard InChI is InChI=1S/C17H11NO3/c1-21-17-12(19)8-9-6-7-18-15-13(9)14(17)10-4-2-3-5-11(10)16(15)20/h2-8,18H,1H3. The van der Waals surface area contributed by atoms with Crippen molar-refractivity contribution in [1.82, 2.24) is 4.98 Å². The molecular formula is C17H11NO3. The molecule has 0 aliphatic heterocycles. The minimum atomic E-state index is -0.179. The molecule has 0 bridgehead atoms. The molecule has 0 aliphatic carbocycles. The lowest BCUT2D eigenvalue weighted by atomic mass is 9.96. The Morgan fingerprint density at radius 2 is 1.76 bits per heavy atom. The van der Waals surface area contributed by atoms with E-state index in [1.165, 1.54) is 13.2 Å². The van der Waals surface area contributed by atoms with Crippen molar-refractivity contribution in [2.24, 2.45) is 0 Å². The van der Waals surface area contributed by atoms with Crippen LogP contribution in [-0.2, 0) is 0 Å². The Morgan fingerprint density at radius 1 is 1.00 bits per heavy atom. The lowest BCUT2D eigenvalue weighted by Crippen LogP contribution is -2.10. The van der Waals surface area contributed by atoms with E-state index in [9.17, 15) is 9.59 Å². The molecule has 4 heteroatoms. The third-order valence-electron chi connectivity index (χ3n) is 3.89. The van der Waals surface area contributed by atoms with Crippen LogP contribution in [0, 0.1) is 0 Å². The van der Waals surface area contributed by atoms with Gasteiger partial charge < -0.3 is 9.72 Å². The Bertz CT molecular complexity index is 1110. The minimum absolute atomic E-state index is 0.0654. The highest BCUT2D eigenvalue weighted by Crippen LogP contribution is 2.33. The SMILES string of the molecule is COc1c(=O)cc2cc[nH]c3c(=O)c4ccccc4c1c23. The summed E-state index contributed by atoms with van der Waals surface area (Å²) in [6.07, 6.45) is 1.68. The van der Waals surface area contributed by atoms with Crippen LogP contribution in [-0.4, -0.2) is 12.1 Å². The van der Waals surface area contributed by atoms with Gasteiger partial charge in [0.1, 0.15) is 0 Å². The third-order valence-corrected chi connectivity index (χ3v) is 3.89. The number of nitrogens with one attached hydrogen (secondary N) is 1. The van der Waals surface area contributed by atoms with Crippen molar-refractivity contribution in [3.63, 3.8) is 0 Å². The van der Waals surface area contributed by atoms with Crippen LogP contribution >= 0.6 is 0 Å². The van der Waals surface area contributed by atoms with Gasteiger partial charge in [0, 0.05) is 22.4 Å². The molecule has 0 fully saturated rings. The maximum absolute atomic E-state index is 12.6. The van der Waals surface area contributed by atoms with Gasteiger partial charge in [0.25, 0.3) is 0 Å². The number of hydrogen-bond donors (Lipinski definition) is 1. The maximum Gasteiger partial charge on any atom is 0.221 e.